The van der Waals surface area contributed by atoms with Crippen molar-refractivity contribution in [2.45, 2.75) is 70.1 Å². The Balaban J connectivity index is 1.56. The van der Waals surface area contributed by atoms with E-state index in [1.165, 1.54) is 53.4 Å². The Kier molecular flexibility index (Phi) is 4.82. The van der Waals surface area contributed by atoms with E-state index in [4.69, 9.17) is 9.47 Å². The molecule has 3 aliphatic rings. The summed E-state index contributed by atoms with van der Waals surface area (Å²) in [5, 5.41) is 0. The number of ether oxygens (including phenoxy) is 2. The summed E-state index contributed by atoms with van der Waals surface area (Å²) in [5.74, 6) is 2.94. The minimum atomic E-state index is 0.625. The molecule has 2 heterocycles. The zero-order valence-electron chi connectivity index (χ0n) is 18.1. The summed E-state index contributed by atoms with van der Waals surface area (Å²) >= 11 is 0. The highest BCUT2D eigenvalue weighted by molar-refractivity contribution is 5.52. The van der Waals surface area contributed by atoms with Crippen molar-refractivity contribution in [2.75, 3.05) is 14.2 Å². The number of fused-ring (bicyclic) bond motifs is 3. The van der Waals surface area contributed by atoms with Crippen LogP contribution in [0.25, 0.3) is 0 Å². The molecule has 0 N–H and O–H groups in total. The number of hydrogen-bond acceptors (Lipinski definition) is 2. The van der Waals surface area contributed by atoms with Crippen LogP contribution >= 0.6 is 0 Å². The maximum absolute atomic E-state index is 5.77. The number of piperidine rings is 1. The Morgan fingerprint density at radius 1 is 0.793 bits per heavy atom. The fourth-order valence-corrected chi connectivity index (χ4v) is 7.06. The van der Waals surface area contributed by atoms with E-state index < -0.39 is 0 Å². The fraction of sp³-hybridized carbons (Fsp3) is 0.538. The highest BCUT2D eigenvalue weighted by Gasteiger charge is 2.58. The molecule has 2 unspecified atom stereocenters. The van der Waals surface area contributed by atoms with Gasteiger partial charge in [0.15, 0.2) is 0 Å². The van der Waals surface area contributed by atoms with E-state index in [-0.39, 0.29) is 0 Å². The normalized spacial score (nSPS) is 30.9. The molecule has 2 aromatic rings. The van der Waals surface area contributed by atoms with Gasteiger partial charge in [-0.1, -0.05) is 37.3 Å². The lowest BCUT2D eigenvalue weighted by Crippen LogP contribution is -2.65. The van der Waals surface area contributed by atoms with Gasteiger partial charge in [0.2, 0.25) is 0 Å². The topological polar surface area (TPSA) is 18.5 Å². The quantitative estimate of drug-likeness (QED) is 0.655. The first-order valence-electron chi connectivity index (χ1n) is 11.3. The van der Waals surface area contributed by atoms with Crippen LogP contribution in [0.1, 0.15) is 49.3 Å². The molecule has 154 valence electrons. The lowest BCUT2D eigenvalue weighted by atomic mass is 9.86. The van der Waals surface area contributed by atoms with Crippen LogP contribution in [-0.4, -0.2) is 36.8 Å². The van der Waals surface area contributed by atoms with Crippen LogP contribution < -0.4 is 9.47 Å². The van der Waals surface area contributed by atoms with Crippen LogP contribution in [0.15, 0.2) is 42.5 Å². The second-order valence-electron chi connectivity index (χ2n) is 9.59. The smallest absolute Gasteiger partial charge is 0.122 e. The van der Waals surface area contributed by atoms with E-state index in [1.54, 1.807) is 14.2 Å². The van der Waals surface area contributed by atoms with Crippen LogP contribution in [0.5, 0.6) is 11.5 Å². The van der Waals surface area contributed by atoms with E-state index >= 15 is 0 Å². The SMILES string of the molecule is COc1ccc(OC)c2c1CC([N+]1(Cc3ccccc3)C3CCC1CC(C)C3)C2. The van der Waals surface area contributed by atoms with E-state index in [0.29, 0.717) is 6.04 Å². The van der Waals surface area contributed by atoms with Gasteiger partial charge in [-0.15, -0.1) is 0 Å². The standard InChI is InChI=1S/C26H34NO2/c1-18-13-20-9-10-21(14-18)27(20,17-19-7-5-4-6-8-19)22-15-23-24(16-22)26(29-3)12-11-25(23)28-2/h4-8,11-12,18,20-22H,9-10,13-17H2,1-3H3/q+1. The van der Waals surface area contributed by atoms with Crippen LogP contribution in [0.4, 0.5) is 0 Å². The molecule has 2 aliphatic heterocycles. The largest absolute Gasteiger partial charge is 0.496 e. The first-order valence-corrected chi connectivity index (χ1v) is 11.3. The van der Waals surface area contributed by atoms with Gasteiger partial charge < -0.3 is 14.0 Å². The van der Waals surface area contributed by atoms with Gasteiger partial charge in [0.05, 0.1) is 32.3 Å². The van der Waals surface area contributed by atoms with Crippen LogP contribution in [-0.2, 0) is 19.4 Å². The van der Waals surface area contributed by atoms with Crippen molar-refractivity contribution < 1.29 is 14.0 Å². The molecule has 0 radical (unpaired) electrons. The van der Waals surface area contributed by atoms with Gasteiger partial charge >= 0.3 is 0 Å². The molecule has 0 amide bonds. The molecular formula is C26H34NO2+. The van der Waals surface area contributed by atoms with Gasteiger partial charge in [-0.05, 0) is 18.1 Å². The third-order valence-electron chi connectivity index (χ3n) is 8.19. The molecule has 5 rings (SSSR count). The zero-order valence-corrected chi connectivity index (χ0v) is 18.1. The minimum Gasteiger partial charge on any atom is -0.496 e. The molecule has 1 aliphatic carbocycles. The number of methoxy groups -OCH3 is 2. The summed E-state index contributed by atoms with van der Waals surface area (Å²) in [5.41, 5.74) is 4.27. The van der Waals surface area contributed by atoms with Crippen LogP contribution in [0.2, 0.25) is 0 Å². The summed E-state index contributed by atoms with van der Waals surface area (Å²) in [6.45, 7) is 3.64. The molecule has 2 bridgehead atoms. The van der Waals surface area contributed by atoms with Gasteiger partial charge in [-0.25, -0.2) is 0 Å². The fourth-order valence-electron chi connectivity index (χ4n) is 7.06. The van der Waals surface area contributed by atoms with E-state index in [1.807, 2.05) is 0 Å². The highest BCUT2D eigenvalue weighted by Crippen LogP contribution is 2.52. The van der Waals surface area contributed by atoms with Crippen molar-refractivity contribution in [1.82, 2.24) is 0 Å². The first-order chi connectivity index (χ1) is 14.2. The Morgan fingerprint density at radius 3 is 1.86 bits per heavy atom. The van der Waals surface area contributed by atoms with Gasteiger partial charge in [0.25, 0.3) is 0 Å². The molecule has 0 spiro atoms. The molecule has 2 saturated heterocycles. The molecule has 2 fully saturated rings. The van der Waals surface area contributed by atoms with E-state index in [0.717, 1.165) is 42.3 Å². The van der Waals surface area contributed by atoms with Crippen molar-refractivity contribution >= 4 is 0 Å². The predicted molar refractivity (Wildman–Crippen MR) is 116 cm³/mol. The maximum Gasteiger partial charge on any atom is 0.122 e. The Hall–Kier alpha value is -2.00. The second-order valence-corrected chi connectivity index (χ2v) is 9.59. The van der Waals surface area contributed by atoms with Crippen molar-refractivity contribution in [1.29, 1.82) is 0 Å². The summed E-state index contributed by atoms with van der Waals surface area (Å²) < 4.78 is 12.8. The Bertz CT molecular complexity index is 831. The molecule has 2 aromatic carbocycles. The molecule has 2 atom stereocenters. The average molecular weight is 393 g/mol. The molecule has 0 aromatic heterocycles. The van der Waals surface area contributed by atoms with Crippen molar-refractivity contribution in [3.63, 3.8) is 0 Å². The summed E-state index contributed by atoms with van der Waals surface area (Å²) in [6.07, 6.45) is 7.77. The van der Waals surface area contributed by atoms with E-state index in [2.05, 4.69) is 49.4 Å². The number of quaternary nitrogens is 1. The average Bonchev–Trinajstić information content (AvgIpc) is 3.25. The number of nitrogens with zero attached hydrogens (tertiary/aromatic N) is 1. The molecule has 3 nitrogen and oxygen atoms in total. The zero-order chi connectivity index (χ0) is 20.0. The lowest BCUT2D eigenvalue weighted by Gasteiger charge is -2.53. The number of benzene rings is 2. The van der Waals surface area contributed by atoms with Gasteiger partial charge in [0.1, 0.15) is 18.0 Å². The summed E-state index contributed by atoms with van der Waals surface area (Å²) in [4.78, 5) is 0. The van der Waals surface area contributed by atoms with Gasteiger partial charge in [0, 0.05) is 55.2 Å². The van der Waals surface area contributed by atoms with E-state index in [9.17, 15) is 0 Å². The summed E-state index contributed by atoms with van der Waals surface area (Å²) in [7, 11) is 3.60. The number of rotatable bonds is 5. The molecule has 0 saturated carbocycles. The van der Waals surface area contributed by atoms with Gasteiger partial charge in [-0.2, -0.15) is 0 Å². The molecular weight excluding hydrogens is 358 g/mol. The van der Waals surface area contributed by atoms with Gasteiger partial charge in [-0.3, -0.25) is 0 Å². The van der Waals surface area contributed by atoms with Crippen molar-refractivity contribution in [2.24, 2.45) is 5.92 Å². The number of hydrogen-bond donors (Lipinski definition) is 0. The second kappa shape index (κ2) is 7.36. The Morgan fingerprint density at radius 2 is 1.34 bits per heavy atom. The Labute approximate surface area is 175 Å². The third kappa shape index (κ3) is 2.97. The monoisotopic (exact) mass is 392 g/mol. The van der Waals surface area contributed by atoms with Crippen molar-refractivity contribution in [3.8, 4) is 11.5 Å². The predicted octanol–water partition coefficient (Wildman–Crippen LogP) is 5.15. The van der Waals surface area contributed by atoms with Crippen molar-refractivity contribution in [3.05, 3.63) is 59.2 Å². The lowest BCUT2D eigenvalue weighted by molar-refractivity contribution is -0.999. The maximum atomic E-state index is 5.77. The highest BCUT2D eigenvalue weighted by atomic mass is 16.5. The molecule has 3 heteroatoms. The van der Waals surface area contributed by atoms with Crippen LogP contribution in [0.3, 0.4) is 0 Å². The molecule has 29 heavy (non-hydrogen) atoms. The van der Waals surface area contributed by atoms with Crippen LogP contribution in [0, 0.1) is 5.92 Å². The third-order valence-corrected chi connectivity index (χ3v) is 8.19. The first kappa shape index (κ1) is 19.0. The summed E-state index contributed by atoms with van der Waals surface area (Å²) in [6, 6.07) is 17.6. The minimum absolute atomic E-state index is 0.625.